The first-order chi connectivity index (χ1) is 14.0. The number of nitrogens with zero attached hydrogens (tertiary/aromatic N) is 2. The molecule has 2 heterocycles. The van der Waals surface area contributed by atoms with Gasteiger partial charge in [-0.25, -0.2) is 4.98 Å². The van der Waals surface area contributed by atoms with Gasteiger partial charge in [-0.15, -0.1) is 11.3 Å². The monoisotopic (exact) mass is 419 g/mol. The lowest BCUT2D eigenvalue weighted by Crippen LogP contribution is -2.23. The number of aromatic nitrogens is 1. The van der Waals surface area contributed by atoms with Gasteiger partial charge < -0.3 is 19.5 Å². The van der Waals surface area contributed by atoms with E-state index in [0.717, 1.165) is 6.42 Å². The zero-order valence-corrected chi connectivity index (χ0v) is 16.9. The molecular weight excluding hydrogens is 398 g/mol. The summed E-state index contributed by atoms with van der Waals surface area (Å²) in [5.74, 6) is -0.00197. The van der Waals surface area contributed by atoms with Gasteiger partial charge in [-0.3, -0.25) is 19.3 Å². The molecule has 0 unspecified atom stereocenters. The zero-order valence-electron chi connectivity index (χ0n) is 16.1. The maximum Gasteiger partial charge on any atom is 0.312 e. The number of hydrogen-bond donors (Lipinski definition) is 1. The first kappa shape index (κ1) is 20.6. The Kier molecular flexibility index (Phi) is 6.65. The molecule has 0 radical (unpaired) electrons. The molecule has 1 aliphatic heterocycles. The van der Waals surface area contributed by atoms with Crippen LogP contribution in [0.3, 0.4) is 0 Å². The van der Waals surface area contributed by atoms with Crippen LogP contribution in [-0.2, 0) is 25.5 Å². The van der Waals surface area contributed by atoms with E-state index in [0.29, 0.717) is 41.0 Å². The van der Waals surface area contributed by atoms with Crippen molar-refractivity contribution in [1.29, 1.82) is 0 Å². The van der Waals surface area contributed by atoms with Crippen LogP contribution < -0.4 is 19.7 Å². The molecule has 0 saturated carbocycles. The number of carbonyl (C=O) groups excluding carboxylic acids is 3. The highest BCUT2D eigenvalue weighted by Gasteiger charge is 2.24. The molecule has 1 saturated heterocycles. The molecule has 0 bridgehead atoms. The van der Waals surface area contributed by atoms with Crippen molar-refractivity contribution in [3.05, 3.63) is 29.3 Å². The summed E-state index contributed by atoms with van der Waals surface area (Å²) in [5, 5.41) is 4.92. The lowest BCUT2D eigenvalue weighted by atomic mass is 10.2. The number of amides is 2. The summed E-state index contributed by atoms with van der Waals surface area (Å²) in [7, 11) is 3.01. The summed E-state index contributed by atoms with van der Waals surface area (Å²) in [6.45, 7) is 0.224. The Morgan fingerprint density at radius 2 is 2.03 bits per heavy atom. The number of nitrogens with one attached hydrogen (secondary N) is 1. The zero-order chi connectivity index (χ0) is 20.8. The van der Waals surface area contributed by atoms with Gasteiger partial charge in [0.1, 0.15) is 0 Å². The van der Waals surface area contributed by atoms with Gasteiger partial charge in [0.25, 0.3) is 5.91 Å². The molecule has 10 heteroatoms. The molecular formula is C19H21N3O6S. The van der Waals surface area contributed by atoms with Crippen molar-refractivity contribution < 1.29 is 28.6 Å². The lowest BCUT2D eigenvalue weighted by molar-refractivity contribution is -0.146. The number of benzene rings is 1. The van der Waals surface area contributed by atoms with Crippen molar-refractivity contribution in [1.82, 2.24) is 4.98 Å². The lowest BCUT2D eigenvalue weighted by Gasteiger charge is -2.11. The number of anilines is 2. The molecule has 154 valence electrons. The van der Waals surface area contributed by atoms with E-state index >= 15 is 0 Å². The van der Waals surface area contributed by atoms with Crippen molar-refractivity contribution in [2.24, 2.45) is 0 Å². The SMILES string of the molecule is COc1ccc(NC(=O)COC(=O)Cc2csc(N3CCCC3=O)n2)cc1OC. The largest absolute Gasteiger partial charge is 0.493 e. The summed E-state index contributed by atoms with van der Waals surface area (Å²) in [6, 6.07) is 4.91. The Morgan fingerprint density at radius 1 is 1.24 bits per heavy atom. The first-order valence-electron chi connectivity index (χ1n) is 8.92. The topological polar surface area (TPSA) is 107 Å². The molecule has 2 amide bonds. The number of esters is 1. The highest BCUT2D eigenvalue weighted by atomic mass is 32.1. The van der Waals surface area contributed by atoms with Gasteiger partial charge in [-0.2, -0.15) is 0 Å². The van der Waals surface area contributed by atoms with Crippen LogP contribution in [0, 0.1) is 0 Å². The fraction of sp³-hybridized carbons (Fsp3) is 0.368. The van der Waals surface area contributed by atoms with E-state index in [-0.39, 0.29) is 12.3 Å². The van der Waals surface area contributed by atoms with Crippen LogP contribution in [-0.4, -0.2) is 50.1 Å². The highest BCUT2D eigenvalue weighted by Crippen LogP contribution is 2.29. The van der Waals surface area contributed by atoms with Crippen molar-refractivity contribution in [3.8, 4) is 11.5 Å². The Morgan fingerprint density at radius 3 is 2.72 bits per heavy atom. The summed E-state index contributed by atoms with van der Waals surface area (Å²) >= 11 is 1.31. The number of methoxy groups -OCH3 is 2. The van der Waals surface area contributed by atoms with Crippen LogP contribution in [0.15, 0.2) is 23.6 Å². The fourth-order valence-corrected chi connectivity index (χ4v) is 3.68. The second-order valence-corrected chi connectivity index (χ2v) is 7.06. The van der Waals surface area contributed by atoms with Gasteiger partial charge in [0.2, 0.25) is 5.91 Å². The summed E-state index contributed by atoms with van der Waals surface area (Å²) in [5.41, 5.74) is 0.998. The highest BCUT2D eigenvalue weighted by molar-refractivity contribution is 7.14. The van der Waals surface area contributed by atoms with Gasteiger partial charge >= 0.3 is 5.97 Å². The predicted octanol–water partition coefficient (Wildman–Crippen LogP) is 2.01. The molecule has 0 spiro atoms. The third-order valence-corrected chi connectivity index (χ3v) is 5.11. The third kappa shape index (κ3) is 5.23. The smallest absolute Gasteiger partial charge is 0.312 e. The van der Waals surface area contributed by atoms with E-state index in [1.807, 2.05) is 0 Å². The quantitative estimate of drug-likeness (QED) is 0.652. The average molecular weight is 419 g/mol. The van der Waals surface area contributed by atoms with Gasteiger partial charge in [-0.1, -0.05) is 0 Å². The van der Waals surface area contributed by atoms with E-state index in [2.05, 4.69) is 10.3 Å². The number of rotatable bonds is 8. The summed E-state index contributed by atoms with van der Waals surface area (Å²) in [4.78, 5) is 41.7. The molecule has 1 aromatic heterocycles. The van der Waals surface area contributed by atoms with Crippen LogP contribution >= 0.6 is 11.3 Å². The Labute approximate surface area is 171 Å². The van der Waals surface area contributed by atoms with E-state index < -0.39 is 18.5 Å². The van der Waals surface area contributed by atoms with Crippen molar-refractivity contribution in [3.63, 3.8) is 0 Å². The molecule has 1 N–H and O–H groups in total. The molecule has 3 rings (SSSR count). The normalized spacial score (nSPS) is 13.3. The standard InChI is InChI=1S/C19H21N3O6S/c1-26-14-6-5-12(8-15(14)27-2)20-16(23)10-28-18(25)9-13-11-29-19(21-13)22-7-3-4-17(22)24/h5-6,8,11H,3-4,7,9-10H2,1-2H3,(H,20,23). The van der Waals surface area contributed by atoms with Crippen molar-refractivity contribution >= 4 is 39.9 Å². The minimum atomic E-state index is -0.572. The Balaban J connectivity index is 1.47. The molecule has 1 aliphatic rings. The van der Waals surface area contributed by atoms with E-state index in [4.69, 9.17) is 14.2 Å². The predicted molar refractivity (Wildman–Crippen MR) is 107 cm³/mol. The van der Waals surface area contributed by atoms with Crippen LogP contribution in [0.1, 0.15) is 18.5 Å². The molecule has 29 heavy (non-hydrogen) atoms. The molecule has 1 fully saturated rings. The first-order valence-corrected chi connectivity index (χ1v) is 9.80. The number of ether oxygens (including phenoxy) is 3. The molecule has 9 nitrogen and oxygen atoms in total. The number of thiazole rings is 1. The molecule has 1 aromatic carbocycles. The van der Waals surface area contributed by atoms with Crippen LogP contribution in [0.2, 0.25) is 0 Å². The number of carbonyl (C=O) groups is 3. The van der Waals surface area contributed by atoms with Crippen LogP contribution in [0.4, 0.5) is 10.8 Å². The average Bonchev–Trinajstić information content (AvgIpc) is 3.34. The van der Waals surface area contributed by atoms with Gasteiger partial charge in [0.05, 0.1) is 26.3 Å². The maximum atomic E-state index is 12.0. The maximum absolute atomic E-state index is 12.0. The van der Waals surface area contributed by atoms with Gasteiger partial charge in [0, 0.05) is 30.1 Å². The van der Waals surface area contributed by atoms with E-state index in [9.17, 15) is 14.4 Å². The second-order valence-electron chi connectivity index (χ2n) is 6.23. The fourth-order valence-electron chi connectivity index (χ4n) is 2.81. The van der Waals surface area contributed by atoms with Crippen molar-refractivity contribution in [2.45, 2.75) is 19.3 Å². The van der Waals surface area contributed by atoms with Crippen LogP contribution in [0.25, 0.3) is 0 Å². The second kappa shape index (κ2) is 9.37. The van der Waals surface area contributed by atoms with Crippen molar-refractivity contribution in [2.75, 3.05) is 37.6 Å². The third-order valence-electron chi connectivity index (χ3n) is 4.20. The summed E-state index contributed by atoms with van der Waals surface area (Å²) < 4.78 is 15.3. The summed E-state index contributed by atoms with van der Waals surface area (Å²) in [6.07, 6.45) is 1.26. The minimum Gasteiger partial charge on any atom is -0.493 e. The van der Waals surface area contributed by atoms with E-state index in [1.165, 1.54) is 25.6 Å². The molecule has 0 aliphatic carbocycles. The van der Waals surface area contributed by atoms with Crippen LogP contribution in [0.5, 0.6) is 11.5 Å². The van der Waals surface area contributed by atoms with E-state index in [1.54, 1.807) is 28.5 Å². The molecule has 2 aromatic rings. The number of hydrogen-bond acceptors (Lipinski definition) is 8. The van der Waals surface area contributed by atoms with Gasteiger partial charge in [0.15, 0.2) is 23.2 Å². The Hall–Kier alpha value is -3.14. The Bertz CT molecular complexity index is 913. The minimum absolute atomic E-state index is 0.0420. The molecule has 0 atom stereocenters. The van der Waals surface area contributed by atoms with Gasteiger partial charge in [-0.05, 0) is 18.6 Å².